The maximum absolute atomic E-state index is 14.5. The smallest absolute Gasteiger partial charge is 0.323 e. The zero-order valence-corrected chi connectivity index (χ0v) is 17.4. The largest absolute Gasteiger partial charge is 0.457 e. The Balaban J connectivity index is 1.44. The molecule has 4 rings (SSSR count). The fraction of sp³-hybridized carbons (Fsp3) is 0.0833. The van der Waals surface area contributed by atoms with Gasteiger partial charge in [-0.1, -0.05) is 6.07 Å². The predicted octanol–water partition coefficient (Wildman–Crippen LogP) is 6.41. The van der Waals surface area contributed by atoms with Crippen LogP contribution in [0.15, 0.2) is 67.0 Å². The summed E-state index contributed by atoms with van der Waals surface area (Å²) in [5.74, 6) is -0.550. The molecule has 0 saturated carbocycles. The van der Waals surface area contributed by atoms with Gasteiger partial charge in [-0.25, -0.2) is 13.6 Å². The van der Waals surface area contributed by atoms with Gasteiger partial charge < -0.3 is 20.4 Å². The number of carbonyl (C=O) groups is 1. The van der Waals surface area contributed by atoms with Crippen LogP contribution in [0, 0.1) is 25.5 Å². The minimum Gasteiger partial charge on any atom is -0.457 e. The summed E-state index contributed by atoms with van der Waals surface area (Å²) in [6.07, 6.45) is 3.47. The number of ether oxygens (including phenoxy) is 1. The van der Waals surface area contributed by atoms with E-state index in [0.717, 1.165) is 22.9 Å². The minimum atomic E-state index is -0.762. The number of anilines is 2. The van der Waals surface area contributed by atoms with Crippen molar-refractivity contribution >= 4 is 17.4 Å². The molecule has 0 saturated heterocycles. The molecule has 0 unspecified atom stereocenters. The summed E-state index contributed by atoms with van der Waals surface area (Å²) in [7, 11) is 0. The van der Waals surface area contributed by atoms with E-state index in [2.05, 4.69) is 20.6 Å². The van der Waals surface area contributed by atoms with E-state index >= 15 is 0 Å². The Bertz CT molecular complexity index is 1290. The van der Waals surface area contributed by atoms with Gasteiger partial charge in [0.15, 0.2) is 0 Å². The van der Waals surface area contributed by atoms with Gasteiger partial charge in [-0.15, -0.1) is 0 Å². The summed E-state index contributed by atoms with van der Waals surface area (Å²) < 4.78 is 34.1. The second-order valence-corrected chi connectivity index (χ2v) is 7.27. The molecule has 32 heavy (non-hydrogen) atoms. The lowest BCUT2D eigenvalue weighted by Gasteiger charge is -2.11. The molecule has 0 aliphatic rings. The second-order valence-electron chi connectivity index (χ2n) is 7.27. The molecule has 0 atom stereocenters. The molecule has 0 aliphatic carbocycles. The molecule has 0 radical (unpaired) electrons. The van der Waals surface area contributed by atoms with Crippen LogP contribution >= 0.6 is 0 Å². The fourth-order valence-corrected chi connectivity index (χ4v) is 3.08. The normalized spacial score (nSPS) is 10.6. The van der Waals surface area contributed by atoms with E-state index in [1.165, 1.54) is 24.3 Å². The van der Waals surface area contributed by atoms with E-state index in [1.807, 2.05) is 19.2 Å². The second kappa shape index (κ2) is 8.89. The number of nitrogens with one attached hydrogen (secondary N) is 3. The third-order valence-electron chi connectivity index (χ3n) is 4.63. The van der Waals surface area contributed by atoms with Gasteiger partial charge >= 0.3 is 6.03 Å². The number of nitrogens with zero attached hydrogens (tertiary/aromatic N) is 1. The Labute approximate surface area is 183 Å². The lowest BCUT2D eigenvalue weighted by atomic mass is 10.2. The van der Waals surface area contributed by atoms with E-state index in [9.17, 15) is 13.6 Å². The van der Waals surface area contributed by atoms with Crippen molar-refractivity contribution < 1.29 is 18.3 Å². The SMILES string of the molecule is Cc1c[nH]c(-c2cc(Oc3ccc(NC(=O)Nc4cc(C)ccc4F)c(F)c3)ccn2)c1. The van der Waals surface area contributed by atoms with Crippen LogP contribution in [0.5, 0.6) is 11.5 Å². The average molecular weight is 434 g/mol. The Morgan fingerprint density at radius 2 is 1.66 bits per heavy atom. The highest BCUT2D eigenvalue weighted by Gasteiger charge is 2.12. The maximum atomic E-state index is 14.5. The number of aromatic nitrogens is 2. The first-order chi connectivity index (χ1) is 15.4. The topological polar surface area (TPSA) is 79.0 Å². The molecule has 8 heteroatoms. The summed E-state index contributed by atoms with van der Waals surface area (Å²) in [6.45, 7) is 3.74. The first kappa shape index (κ1) is 21.0. The maximum Gasteiger partial charge on any atom is 0.323 e. The highest BCUT2D eigenvalue weighted by Crippen LogP contribution is 2.28. The van der Waals surface area contributed by atoms with E-state index in [4.69, 9.17) is 4.74 Å². The highest BCUT2D eigenvalue weighted by atomic mass is 19.1. The fourth-order valence-electron chi connectivity index (χ4n) is 3.08. The van der Waals surface area contributed by atoms with Gasteiger partial charge in [0.05, 0.1) is 22.8 Å². The van der Waals surface area contributed by atoms with Gasteiger partial charge in [-0.05, 0) is 61.4 Å². The third-order valence-corrected chi connectivity index (χ3v) is 4.63. The molecule has 2 amide bonds. The zero-order chi connectivity index (χ0) is 22.7. The van der Waals surface area contributed by atoms with E-state index in [1.54, 1.807) is 31.3 Å². The van der Waals surface area contributed by atoms with Crippen molar-refractivity contribution in [2.24, 2.45) is 0 Å². The van der Waals surface area contributed by atoms with Crippen molar-refractivity contribution in [1.82, 2.24) is 9.97 Å². The van der Waals surface area contributed by atoms with Gasteiger partial charge in [0.2, 0.25) is 0 Å². The average Bonchev–Trinajstić information content (AvgIpc) is 3.19. The van der Waals surface area contributed by atoms with Crippen molar-refractivity contribution in [3.63, 3.8) is 0 Å². The molecule has 6 nitrogen and oxygen atoms in total. The standard InChI is InChI=1S/C24H20F2N4O2/c1-14-3-5-18(25)21(9-14)30-24(31)29-20-6-4-16(11-19(20)26)32-17-7-8-27-23(12-17)22-10-15(2)13-28-22/h3-13,28H,1-2H3,(H2,29,30,31). The van der Waals surface area contributed by atoms with Gasteiger partial charge in [-0.2, -0.15) is 0 Å². The Morgan fingerprint density at radius 3 is 2.41 bits per heavy atom. The van der Waals surface area contributed by atoms with Crippen molar-refractivity contribution in [1.29, 1.82) is 0 Å². The van der Waals surface area contributed by atoms with E-state index in [-0.39, 0.29) is 17.1 Å². The molecule has 3 N–H and O–H groups in total. The van der Waals surface area contributed by atoms with Crippen molar-refractivity contribution in [2.45, 2.75) is 13.8 Å². The number of urea groups is 1. The van der Waals surface area contributed by atoms with E-state index in [0.29, 0.717) is 11.4 Å². The minimum absolute atomic E-state index is 0.00798. The van der Waals surface area contributed by atoms with E-state index < -0.39 is 17.7 Å². The number of benzene rings is 2. The first-order valence-corrected chi connectivity index (χ1v) is 9.80. The van der Waals surface area contributed by atoms with Crippen molar-refractivity contribution in [3.8, 4) is 22.9 Å². The summed E-state index contributed by atoms with van der Waals surface area (Å²) >= 11 is 0. The number of carbonyl (C=O) groups excluding carboxylic acids is 1. The number of hydrogen-bond acceptors (Lipinski definition) is 3. The lowest BCUT2D eigenvalue weighted by molar-refractivity contribution is 0.262. The molecular formula is C24H20F2N4O2. The molecule has 162 valence electrons. The Morgan fingerprint density at radius 1 is 0.875 bits per heavy atom. The first-order valence-electron chi connectivity index (χ1n) is 9.80. The van der Waals surface area contributed by atoms with Crippen LogP contribution in [0.25, 0.3) is 11.4 Å². The van der Waals surface area contributed by atoms with Gasteiger partial charge in [0.25, 0.3) is 0 Å². The number of aryl methyl sites for hydroxylation is 2. The number of halogens is 2. The molecular weight excluding hydrogens is 414 g/mol. The molecule has 2 aromatic heterocycles. The van der Waals surface area contributed by atoms with Crippen LogP contribution in [0.3, 0.4) is 0 Å². The number of hydrogen-bond donors (Lipinski definition) is 3. The number of amides is 2. The Hall–Kier alpha value is -4.20. The summed E-state index contributed by atoms with van der Waals surface area (Å²) in [5.41, 5.74) is 3.32. The molecule has 2 heterocycles. The third kappa shape index (κ3) is 4.92. The zero-order valence-electron chi connectivity index (χ0n) is 17.4. The van der Waals surface area contributed by atoms with Crippen LogP contribution in [0.1, 0.15) is 11.1 Å². The molecule has 0 fully saturated rings. The van der Waals surface area contributed by atoms with Crippen molar-refractivity contribution in [2.75, 3.05) is 10.6 Å². The Kier molecular flexibility index (Phi) is 5.85. The molecule has 0 spiro atoms. The number of pyridine rings is 1. The molecule has 0 bridgehead atoms. The number of aromatic amines is 1. The number of rotatable bonds is 5. The lowest BCUT2D eigenvalue weighted by Crippen LogP contribution is -2.20. The summed E-state index contributed by atoms with van der Waals surface area (Å²) in [6, 6.07) is 13.0. The summed E-state index contributed by atoms with van der Waals surface area (Å²) in [4.78, 5) is 19.6. The van der Waals surface area contributed by atoms with Crippen LogP contribution in [0.4, 0.5) is 25.0 Å². The quantitative estimate of drug-likeness (QED) is 0.340. The molecule has 2 aromatic carbocycles. The van der Waals surface area contributed by atoms with Crippen molar-refractivity contribution in [3.05, 3.63) is 89.8 Å². The molecule has 4 aromatic rings. The number of H-pyrrole nitrogens is 1. The molecule has 0 aliphatic heterocycles. The van der Waals surface area contributed by atoms with Crippen LogP contribution in [0.2, 0.25) is 0 Å². The van der Waals surface area contributed by atoms with Crippen LogP contribution < -0.4 is 15.4 Å². The monoisotopic (exact) mass is 434 g/mol. The van der Waals surface area contributed by atoms with Crippen LogP contribution in [-0.2, 0) is 0 Å². The predicted molar refractivity (Wildman–Crippen MR) is 119 cm³/mol. The summed E-state index contributed by atoms with van der Waals surface area (Å²) in [5, 5.41) is 4.74. The highest BCUT2D eigenvalue weighted by molar-refractivity contribution is 6.00. The van der Waals surface area contributed by atoms with Gasteiger partial charge in [0.1, 0.15) is 23.1 Å². The van der Waals surface area contributed by atoms with Gasteiger partial charge in [-0.3, -0.25) is 4.98 Å². The van der Waals surface area contributed by atoms with Crippen LogP contribution in [-0.4, -0.2) is 16.0 Å². The van der Waals surface area contributed by atoms with Gasteiger partial charge in [0, 0.05) is 24.5 Å².